The Bertz CT molecular complexity index is 565. The Balaban J connectivity index is 2.14. The van der Waals surface area contributed by atoms with Gasteiger partial charge in [0.05, 0.1) is 6.04 Å². The second-order valence-electron chi connectivity index (χ2n) is 5.46. The van der Waals surface area contributed by atoms with Crippen LogP contribution >= 0.6 is 34.8 Å². The molecule has 1 aliphatic rings. The van der Waals surface area contributed by atoms with E-state index in [1.54, 1.807) is 0 Å². The molecule has 0 aliphatic carbocycles. The fourth-order valence-corrected chi connectivity index (χ4v) is 3.95. The number of amides is 2. The minimum Gasteiger partial charge on any atom is -0.444 e. The van der Waals surface area contributed by atoms with E-state index in [1.165, 1.54) is 0 Å². The summed E-state index contributed by atoms with van der Waals surface area (Å²) < 4.78 is 3.55. The average molecular weight is 379 g/mol. The largest absolute Gasteiger partial charge is 0.444 e. The van der Waals surface area contributed by atoms with Crippen LogP contribution in [0.15, 0.2) is 30.3 Å². The second-order valence-corrected chi connectivity index (χ2v) is 7.15. The maximum absolute atomic E-state index is 12.4. The summed E-state index contributed by atoms with van der Waals surface area (Å²) in [5.74, 6) is -1.10. The van der Waals surface area contributed by atoms with Crippen LogP contribution in [0.4, 0.5) is 4.79 Å². The Hall–Kier alpha value is -0.970. The van der Waals surface area contributed by atoms with E-state index in [1.807, 2.05) is 37.3 Å². The summed E-state index contributed by atoms with van der Waals surface area (Å²) in [5.41, 5.74) is 0.830. The highest BCUT2D eigenvalue weighted by Crippen LogP contribution is 2.45. The Morgan fingerprint density at radius 1 is 1.30 bits per heavy atom. The third-order valence-electron chi connectivity index (χ3n) is 3.92. The van der Waals surface area contributed by atoms with Crippen LogP contribution in [0.5, 0.6) is 0 Å². The van der Waals surface area contributed by atoms with E-state index < -0.39 is 28.3 Å². The van der Waals surface area contributed by atoms with Gasteiger partial charge in [0.25, 0.3) is 5.91 Å². The zero-order valence-electron chi connectivity index (χ0n) is 12.7. The first-order chi connectivity index (χ1) is 10.9. The lowest BCUT2D eigenvalue weighted by atomic mass is 9.98. The third-order valence-corrected chi connectivity index (χ3v) is 5.13. The van der Waals surface area contributed by atoms with Crippen molar-refractivity contribution >= 4 is 46.8 Å². The van der Waals surface area contributed by atoms with E-state index in [-0.39, 0.29) is 12.5 Å². The van der Waals surface area contributed by atoms with E-state index in [0.29, 0.717) is 6.42 Å². The monoisotopic (exact) mass is 377 g/mol. The molecule has 1 aromatic rings. The highest BCUT2D eigenvalue weighted by atomic mass is 35.5. The maximum atomic E-state index is 12.4. The van der Waals surface area contributed by atoms with Crippen molar-refractivity contribution in [2.45, 2.75) is 36.7 Å². The second kappa shape index (κ2) is 7.73. The lowest BCUT2D eigenvalue weighted by molar-refractivity contribution is -0.128. The fourth-order valence-electron chi connectivity index (χ4n) is 2.72. The normalized spacial score (nSPS) is 23.1. The SMILES string of the molecule is CCC[C@@H]1[C@H](CCl)C(Cl)(Cl)C(=O)N1C(=O)OCc1ccccc1. The number of benzene rings is 1. The lowest BCUT2D eigenvalue weighted by Gasteiger charge is -2.25. The molecule has 126 valence electrons. The number of likely N-dealkylation sites (tertiary alicyclic amines) is 1. The number of imide groups is 1. The van der Waals surface area contributed by atoms with Crippen LogP contribution in [0, 0.1) is 5.92 Å². The number of ether oxygens (including phenoxy) is 1. The van der Waals surface area contributed by atoms with Gasteiger partial charge in [0.1, 0.15) is 6.61 Å². The van der Waals surface area contributed by atoms with Gasteiger partial charge in [-0.1, -0.05) is 66.9 Å². The number of nitrogens with zero attached hydrogens (tertiary/aromatic N) is 1. The van der Waals surface area contributed by atoms with Gasteiger partial charge in [0.2, 0.25) is 4.33 Å². The molecule has 2 amide bonds. The number of alkyl halides is 3. The van der Waals surface area contributed by atoms with Gasteiger partial charge in [0, 0.05) is 11.8 Å². The lowest BCUT2D eigenvalue weighted by Crippen LogP contribution is -2.41. The van der Waals surface area contributed by atoms with Gasteiger partial charge in [-0.25, -0.2) is 9.69 Å². The Morgan fingerprint density at radius 2 is 1.96 bits per heavy atom. The van der Waals surface area contributed by atoms with Crippen LogP contribution < -0.4 is 0 Å². The molecule has 0 N–H and O–H groups in total. The summed E-state index contributed by atoms with van der Waals surface area (Å²) in [6.07, 6.45) is 0.596. The molecule has 4 nitrogen and oxygen atoms in total. The van der Waals surface area contributed by atoms with Gasteiger partial charge in [-0.05, 0) is 12.0 Å². The molecule has 1 fully saturated rings. The Morgan fingerprint density at radius 3 is 2.52 bits per heavy atom. The summed E-state index contributed by atoms with van der Waals surface area (Å²) in [4.78, 5) is 25.9. The Labute approximate surface area is 150 Å². The molecule has 2 atom stereocenters. The van der Waals surface area contributed by atoms with Crippen molar-refractivity contribution in [3.05, 3.63) is 35.9 Å². The number of halogens is 3. The number of carbonyl (C=O) groups excluding carboxylic acids is 2. The molecule has 0 aromatic heterocycles. The summed E-state index contributed by atoms with van der Waals surface area (Å²) in [5, 5.41) is 0. The first-order valence-electron chi connectivity index (χ1n) is 7.41. The van der Waals surface area contributed by atoms with Gasteiger partial charge in [-0.3, -0.25) is 4.79 Å². The van der Waals surface area contributed by atoms with Crippen molar-refractivity contribution in [3.8, 4) is 0 Å². The molecule has 1 heterocycles. The molecule has 0 bridgehead atoms. The highest BCUT2D eigenvalue weighted by Gasteiger charge is 2.59. The molecule has 0 spiro atoms. The summed E-state index contributed by atoms with van der Waals surface area (Å²) in [7, 11) is 0. The molecular weight excluding hydrogens is 361 g/mol. The van der Waals surface area contributed by atoms with Gasteiger partial charge >= 0.3 is 6.09 Å². The van der Waals surface area contributed by atoms with E-state index in [2.05, 4.69) is 0 Å². The van der Waals surface area contributed by atoms with Gasteiger partial charge in [-0.2, -0.15) is 0 Å². The van der Waals surface area contributed by atoms with E-state index in [0.717, 1.165) is 16.9 Å². The third kappa shape index (κ3) is 3.76. The predicted octanol–water partition coefficient (Wildman–Crippen LogP) is 4.36. The van der Waals surface area contributed by atoms with Gasteiger partial charge < -0.3 is 4.74 Å². The zero-order valence-corrected chi connectivity index (χ0v) is 14.9. The standard InChI is InChI=1S/C16H18Cl3NO3/c1-2-6-13-12(9-17)16(18,19)14(21)20(13)15(22)23-10-11-7-4-3-5-8-11/h3-5,7-8,12-13H,2,6,9-10H2,1H3/t12-,13+/m0/s1. The van der Waals surface area contributed by atoms with Crippen molar-refractivity contribution in [2.24, 2.45) is 5.92 Å². The molecule has 1 aliphatic heterocycles. The van der Waals surface area contributed by atoms with Crippen LogP contribution in [-0.4, -0.2) is 33.2 Å². The smallest absolute Gasteiger partial charge is 0.417 e. The molecule has 0 radical (unpaired) electrons. The topological polar surface area (TPSA) is 46.6 Å². The molecule has 23 heavy (non-hydrogen) atoms. The molecule has 2 rings (SSSR count). The molecule has 1 saturated heterocycles. The maximum Gasteiger partial charge on any atom is 0.417 e. The Kier molecular flexibility index (Phi) is 6.18. The number of hydrogen-bond acceptors (Lipinski definition) is 3. The average Bonchev–Trinajstić information content (AvgIpc) is 2.72. The quantitative estimate of drug-likeness (QED) is 0.715. The summed E-state index contributed by atoms with van der Waals surface area (Å²) in [6.45, 7) is 2.02. The van der Waals surface area contributed by atoms with Crippen LogP contribution in [0.25, 0.3) is 0 Å². The molecule has 0 unspecified atom stereocenters. The summed E-state index contributed by atoms with van der Waals surface area (Å²) in [6, 6.07) is 8.76. The minimum absolute atomic E-state index is 0.0748. The zero-order chi connectivity index (χ0) is 17.0. The summed E-state index contributed by atoms with van der Waals surface area (Å²) >= 11 is 18.2. The van der Waals surface area contributed by atoms with Crippen molar-refractivity contribution in [1.82, 2.24) is 4.90 Å². The number of rotatable bonds is 5. The van der Waals surface area contributed by atoms with Crippen molar-refractivity contribution in [2.75, 3.05) is 5.88 Å². The van der Waals surface area contributed by atoms with Crippen LogP contribution in [0.3, 0.4) is 0 Å². The first kappa shape index (κ1) is 18.4. The van der Waals surface area contributed by atoms with Crippen molar-refractivity contribution < 1.29 is 14.3 Å². The van der Waals surface area contributed by atoms with E-state index in [4.69, 9.17) is 39.5 Å². The molecule has 0 saturated carbocycles. The van der Waals surface area contributed by atoms with E-state index in [9.17, 15) is 9.59 Å². The minimum atomic E-state index is -1.70. The van der Waals surface area contributed by atoms with Gasteiger partial charge in [0.15, 0.2) is 0 Å². The van der Waals surface area contributed by atoms with E-state index >= 15 is 0 Å². The number of carbonyl (C=O) groups is 2. The molecule has 7 heteroatoms. The van der Waals surface area contributed by atoms with Crippen LogP contribution in [0.2, 0.25) is 0 Å². The molecule has 1 aromatic carbocycles. The van der Waals surface area contributed by atoms with Crippen LogP contribution in [0.1, 0.15) is 25.3 Å². The van der Waals surface area contributed by atoms with Crippen molar-refractivity contribution in [3.63, 3.8) is 0 Å². The highest BCUT2D eigenvalue weighted by molar-refractivity contribution is 6.59. The first-order valence-corrected chi connectivity index (χ1v) is 8.70. The van der Waals surface area contributed by atoms with Gasteiger partial charge in [-0.15, -0.1) is 11.6 Å². The number of hydrogen-bond donors (Lipinski definition) is 0. The molecular formula is C16H18Cl3NO3. The van der Waals surface area contributed by atoms with Crippen molar-refractivity contribution in [1.29, 1.82) is 0 Å². The fraction of sp³-hybridized carbons (Fsp3) is 0.500. The predicted molar refractivity (Wildman–Crippen MR) is 90.8 cm³/mol. The van der Waals surface area contributed by atoms with Crippen LogP contribution in [-0.2, 0) is 16.1 Å².